The average Bonchev–Trinajstić information content (AvgIpc) is 2.95. The lowest BCUT2D eigenvalue weighted by Gasteiger charge is -2.09. The van der Waals surface area contributed by atoms with E-state index in [0.29, 0.717) is 35.7 Å². The van der Waals surface area contributed by atoms with Crippen LogP contribution in [0.1, 0.15) is 21.5 Å². The van der Waals surface area contributed by atoms with E-state index in [2.05, 4.69) is 10.6 Å². The summed E-state index contributed by atoms with van der Waals surface area (Å²) in [4.78, 5) is 35.0. The molecule has 1 fully saturated rings. The molecular weight excluding hydrogens is 386 g/mol. The standard InChI is InChI=1S/C19H18ClN3O3S/c20-13-5-6-15(21)14(10-13)17(24)22-8-7-11-1-3-12(4-2-11)9-16-18(25)23-19(26)27-16/h1-6,10,16H,7-9,21H2,(H,22,24)(H,23,25,26)/t16-/m0/s1. The van der Waals surface area contributed by atoms with E-state index >= 15 is 0 Å². The molecule has 6 nitrogen and oxygen atoms in total. The summed E-state index contributed by atoms with van der Waals surface area (Å²) in [5.74, 6) is -0.502. The van der Waals surface area contributed by atoms with Crippen molar-refractivity contribution < 1.29 is 14.4 Å². The van der Waals surface area contributed by atoms with Crippen molar-refractivity contribution in [3.05, 3.63) is 64.2 Å². The molecule has 1 aliphatic rings. The quantitative estimate of drug-likeness (QED) is 0.644. The molecule has 3 rings (SSSR count). The lowest BCUT2D eigenvalue weighted by atomic mass is 10.1. The molecule has 3 amide bonds. The van der Waals surface area contributed by atoms with Crippen LogP contribution in [0.3, 0.4) is 0 Å². The van der Waals surface area contributed by atoms with E-state index in [1.54, 1.807) is 18.2 Å². The highest BCUT2D eigenvalue weighted by atomic mass is 35.5. The summed E-state index contributed by atoms with van der Waals surface area (Å²) in [6, 6.07) is 12.6. The van der Waals surface area contributed by atoms with Crippen LogP contribution < -0.4 is 16.4 Å². The number of nitrogen functional groups attached to an aromatic ring is 1. The normalized spacial score (nSPS) is 16.3. The van der Waals surface area contributed by atoms with Gasteiger partial charge in [0.15, 0.2) is 0 Å². The molecule has 2 aromatic carbocycles. The van der Waals surface area contributed by atoms with E-state index < -0.39 is 0 Å². The Morgan fingerprint density at radius 2 is 1.85 bits per heavy atom. The molecule has 0 bridgehead atoms. The van der Waals surface area contributed by atoms with Gasteiger partial charge in [-0.2, -0.15) is 0 Å². The molecule has 0 aromatic heterocycles. The van der Waals surface area contributed by atoms with Crippen LogP contribution in [0, 0.1) is 0 Å². The largest absolute Gasteiger partial charge is 0.398 e. The maximum atomic E-state index is 12.2. The van der Waals surface area contributed by atoms with Crippen LogP contribution in [0.25, 0.3) is 0 Å². The summed E-state index contributed by atoms with van der Waals surface area (Å²) in [6.07, 6.45) is 1.16. The maximum absolute atomic E-state index is 12.2. The molecule has 0 radical (unpaired) electrons. The molecule has 4 N–H and O–H groups in total. The number of thioether (sulfide) groups is 1. The van der Waals surface area contributed by atoms with Gasteiger partial charge in [0.1, 0.15) is 0 Å². The van der Waals surface area contributed by atoms with Crippen LogP contribution in [0.2, 0.25) is 5.02 Å². The molecule has 1 atom stereocenters. The third-order valence-corrected chi connectivity index (χ3v) is 5.39. The number of hydrogen-bond donors (Lipinski definition) is 3. The molecular formula is C19H18ClN3O3S. The predicted octanol–water partition coefficient (Wildman–Crippen LogP) is 2.79. The van der Waals surface area contributed by atoms with E-state index in [9.17, 15) is 14.4 Å². The minimum absolute atomic E-state index is 0.239. The van der Waals surface area contributed by atoms with Gasteiger partial charge in [-0.15, -0.1) is 0 Å². The van der Waals surface area contributed by atoms with Crippen molar-refractivity contribution >= 4 is 46.1 Å². The van der Waals surface area contributed by atoms with Gasteiger partial charge in [-0.3, -0.25) is 19.7 Å². The Morgan fingerprint density at radius 1 is 1.15 bits per heavy atom. The van der Waals surface area contributed by atoms with Gasteiger partial charge < -0.3 is 11.1 Å². The van der Waals surface area contributed by atoms with Crippen molar-refractivity contribution in [3.63, 3.8) is 0 Å². The summed E-state index contributed by atoms with van der Waals surface area (Å²) < 4.78 is 0. The van der Waals surface area contributed by atoms with Crippen LogP contribution in [-0.2, 0) is 17.6 Å². The molecule has 2 aromatic rings. The van der Waals surface area contributed by atoms with Gasteiger partial charge in [-0.1, -0.05) is 47.6 Å². The zero-order valence-electron chi connectivity index (χ0n) is 14.3. The lowest BCUT2D eigenvalue weighted by molar-refractivity contribution is -0.118. The maximum Gasteiger partial charge on any atom is 0.286 e. The Labute approximate surface area is 165 Å². The molecule has 0 spiro atoms. The molecule has 0 unspecified atom stereocenters. The van der Waals surface area contributed by atoms with Gasteiger partial charge in [-0.25, -0.2) is 0 Å². The van der Waals surface area contributed by atoms with Gasteiger partial charge in [0, 0.05) is 17.3 Å². The van der Waals surface area contributed by atoms with E-state index in [-0.39, 0.29) is 22.3 Å². The van der Waals surface area contributed by atoms with Gasteiger partial charge >= 0.3 is 0 Å². The van der Waals surface area contributed by atoms with Crippen LogP contribution in [0.5, 0.6) is 0 Å². The Morgan fingerprint density at radius 3 is 2.52 bits per heavy atom. The van der Waals surface area contributed by atoms with Crippen LogP contribution in [0.15, 0.2) is 42.5 Å². The first-order valence-corrected chi connectivity index (χ1v) is 9.60. The Bertz CT molecular complexity index is 886. The first-order valence-electron chi connectivity index (χ1n) is 8.35. The molecule has 1 saturated heterocycles. The third kappa shape index (κ3) is 5.02. The van der Waals surface area contributed by atoms with Gasteiger partial charge in [-0.05, 0) is 42.2 Å². The van der Waals surface area contributed by atoms with Crippen molar-refractivity contribution in [2.75, 3.05) is 12.3 Å². The molecule has 1 heterocycles. The van der Waals surface area contributed by atoms with Gasteiger partial charge in [0.25, 0.3) is 11.1 Å². The molecule has 0 aliphatic carbocycles. The van der Waals surface area contributed by atoms with Crippen molar-refractivity contribution in [1.29, 1.82) is 0 Å². The topological polar surface area (TPSA) is 101 Å². The number of halogens is 1. The minimum atomic E-state index is -0.370. The number of carbonyl (C=O) groups is 3. The highest BCUT2D eigenvalue weighted by Crippen LogP contribution is 2.23. The fourth-order valence-electron chi connectivity index (χ4n) is 2.72. The second-order valence-corrected chi connectivity index (χ2v) is 7.75. The first kappa shape index (κ1) is 19.3. The van der Waals surface area contributed by atoms with Crippen molar-refractivity contribution in [2.24, 2.45) is 0 Å². The number of nitrogens with one attached hydrogen (secondary N) is 2. The van der Waals surface area contributed by atoms with E-state index in [4.69, 9.17) is 17.3 Å². The van der Waals surface area contributed by atoms with Crippen molar-refractivity contribution in [2.45, 2.75) is 18.1 Å². The summed E-state index contributed by atoms with van der Waals surface area (Å²) in [5, 5.41) is 4.91. The SMILES string of the molecule is Nc1ccc(Cl)cc1C(=O)NCCc1ccc(C[C@@H]2SC(=O)NC2=O)cc1. The van der Waals surface area contributed by atoms with Crippen LogP contribution in [-0.4, -0.2) is 28.8 Å². The number of rotatable bonds is 6. The van der Waals surface area contributed by atoms with E-state index in [1.807, 2.05) is 24.3 Å². The summed E-state index contributed by atoms with van der Waals surface area (Å²) in [6.45, 7) is 0.458. The third-order valence-electron chi connectivity index (χ3n) is 4.17. The number of hydrogen-bond acceptors (Lipinski definition) is 5. The van der Waals surface area contributed by atoms with Crippen LogP contribution in [0.4, 0.5) is 10.5 Å². The monoisotopic (exact) mass is 403 g/mol. The Hall–Kier alpha value is -2.51. The van der Waals surface area contributed by atoms with Gasteiger partial charge in [0.2, 0.25) is 5.91 Å². The van der Waals surface area contributed by atoms with Crippen molar-refractivity contribution in [1.82, 2.24) is 10.6 Å². The number of amides is 3. The van der Waals surface area contributed by atoms with Gasteiger partial charge in [0.05, 0.1) is 10.8 Å². The summed E-state index contributed by atoms with van der Waals surface area (Å²) >= 11 is 6.93. The van der Waals surface area contributed by atoms with E-state index in [1.165, 1.54) is 0 Å². The number of imide groups is 1. The second kappa shape index (κ2) is 8.45. The van der Waals surface area contributed by atoms with Crippen LogP contribution >= 0.6 is 23.4 Å². The van der Waals surface area contributed by atoms with Crippen molar-refractivity contribution in [3.8, 4) is 0 Å². The molecule has 8 heteroatoms. The highest BCUT2D eigenvalue weighted by Gasteiger charge is 2.31. The smallest absolute Gasteiger partial charge is 0.286 e. The predicted molar refractivity (Wildman–Crippen MR) is 107 cm³/mol. The number of carbonyl (C=O) groups excluding carboxylic acids is 3. The Kier molecular flexibility index (Phi) is 6.03. The second-order valence-electron chi connectivity index (χ2n) is 6.14. The zero-order chi connectivity index (χ0) is 19.4. The molecule has 0 saturated carbocycles. The molecule has 1 aliphatic heterocycles. The first-order chi connectivity index (χ1) is 12.9. The Balaban J connectivity index is 1.50. The minimum Gasteiger partial charge on any atom is -0.398 e. The highest BCUT2D eigenvalue weighted by molar-refractivity contribution is 8.15. The molecule has 27 heavy (non-hydrogen) atoms. The number of anilines is 1. The summed E-state index contributed by atoms with van der Waals surface area (Å²) in [5.41, 5.74) is 8.58. The fraction of sp³-hybridized carbons (Fsp3) is 0.211. The summed E-state index contributed by atoms with van der Waals surface area (Å²) in [7, 11) is 0. The number of benzene rings is 2. The molecule has 140 valence electrons. The number of nitrogens with two attached hydrogens (primary N) is 1. The lowest BCUT2D eigenvalue weighted by Crippen LogP contribution is -2.26. The fourth-order valence-corrected chi connectivity index (χ4v) is 3.76. The average molecular weight is 404 g/mol. The zero-order valence-corrected chi connectivity index (χ0v) is 15.9. The van der Waals surface area contributed by atoms with E-state index in [0.717, 1.165) is 22.9 Å².